The van der Waals surface area contributed by atoms with Gasteiger partial charge in [-0.3, -0.25) is 9.69 Å². The first-order valence-electron chi connectivity index (χ1n) is 8.51. The minimum absolute atomic E-state index is 0.160. The Morgan fingerprint density at radius 1 is 1.32 bits per heavy atom. The molecule has 1 N–H and O–H groups in total. The van der Waals surface area contributed by atoms with E-state index in [9.17, 15) is 4.79 Å². The Morgan fingerprint density at radius 3 is 2.77 bits per heavy atom. The van der Waals surface area contributed by atoms with Gasteiger partial charge in [-0.2, -0.15) is 0 Å². The van der Waals surface area contributed by atoms with Crippen LogP contribution in [0.1, 0.15) is 49.1 Å². The summed E-state index contributed by atoms with van der Waals surface area (Å²) in [7, 11) is 0. The van der Waals surface area contributed by atoms with Crippen LogP contribution in [0.3, 0.4) is 0 Å². The Balaban J connectivity index is 1.70. The zero-order valence-corrected chi connectivity index (χ0v) is 13.4. The van der Waals surface area contributed by atoms with E-state index < -0.39 is 0 Å². The highest BCUT2D eigenvalue weighted by Crippen LogP contribution is 2.31. The monoisotopic (exact) mass is 305 g/mol. The number of aromatic nitrogens is 1. The third-order valence-electron chi connectivity index (χ3n) is 5.10. The maximum absolute atomic E-state index is 13.0. The molecule has 0 radical (unpaired) electrons. The van der Waals surface area contributed by atoms with Crippen molar-refractivity contribution in [3.63, 3.8) is 0 Å². The number of piperazine rings is 1. The minimum atomic E-state index is 0.160. The van der Waals surface area contributed by atoms with Crippen molar-refractivity contribution in [3.8, 4) is 0 Å². The smallest absolute Gasteiger partial charge is 0.270 e. The van der Waals surface area contributed by atoms with E-state index in [0.29, 0.717) is 12.6 Å². The highest BCUT2D eigenvalue weighted by Gasteiger charge is 2.30. The van der Waals surface area contributed by atoms with Gasteiger partial charge in [-0.25, -0.2) is 0 Å². The summed E-state index contributed by atoms with van der Waals surface area (Å²) in [6.07, 6.45) is 6.99. The summed E-state index contributed by atoms with van der Waals surface area (Å²) in [4.78, 5) is 17.2. The molecule has 1 aromatic heterocycles. The van der Waals surface area contributed by atoms with Gasteiger partial charge in [0.1, 0.15) is 5.69 Å². The summed E-state index contributed by atoms with van der Waals surface area (Å²) in [5.41, 5.74) is 0.842. The second kappa shape index (κ2) is 6.84. The predicted octanol–water partition coefficient (Wildman–Crippen LogP) is 1.74. The Kier molecular flexibility index (Phi) is 4.84. The van der Waals surface area contributed by atoms with Crippen molar-refractivity contribution in [3.05, 3.63) is 24.0 Å². The van der Waals surface area contributed by atoms with E-state index in [1.807, 2.05) is 17.0 Å². The molecule has 1 saturated carbocycles. The molecule has 1 aliphatic carbocycles. The van der Waals surface area contributed by atoms with Crippen LogP contribution in [-0.4, -0.2) is 64.2 Å². The fraction of sp³-hybridized carbons (Fsp3) is 0.706. The Hall–Kier alpha value is -1.33. The minimum Gasteiger partial charge on any atom is -0.395 e. The fourth-order valence-corrected chi connectivity index (χ4v) is 3.90. The Morgan fingerprint density at radius 2 is 2.09 bits per heavy atom. The number of hydrogen-bond acceptors (Lipinski definition) is 3. The summed E-state index contributed by atoms with van der Waals surface area (Å²) in [5, 5.41) is 9.06. The van der Waals surface area contributed by atoms with Gasteiger partial charge < -0.3 is 14.6 Å². The van der Waals surface area contributed by atoms with Crippen LogP contribution in [0.2, 0.25) is 0 Å². The van der Waals surface area contributed by atoms with Gasteiger partial charge in [0.15, 0.2) is 0 Å². The van der Waals surface area contributed by atoms with E-state index in [2.05, 4.69) is 22.6 Å². The molecule has 1 saturated heterocycles. The number of aliphatic hydroxyl groups excluding tert-OH is 1. The molecule has 1 atom stereocenters. The van der Waals surface area contributed by atoms with E-state index >= 15 is 0 Å². The third kappa shape index (κ3) is 3.06. The van der Waals surface area contributed by atoms with Crippen LogP contribution in [0.4, 0.5) is 0 Å². The molecule has 0 spiro atoms. The van der Waals surface area contributed by atoms with Crippen LogP contribution in [0.25, 0.3) is 0 Å². The zero-order valence-electron chi connectivity index (χ0n) is 13.4. The molecule has 122 valence electrons. The molecule has 3 rings (SSSR count). The number of β-amino-alcohol motifs (C(OH)–C–C–N with tert-alkyl or cyclic N) is 1. The summed E-state index contributed by atoms with van der Waals surface area (Å²) in [5.74, 6) is 0.160. The van der Waals surface area contributed by atoms with Crippen molar-refractivity contribution in [1.29, 1.82) is 0 Å². The Bertz CT molecular complexity index is 508. The lowest BCUT2D eigenvalue weighted by Crippen LogP contribution is -2.54. The molecule has 2 heterocycles. The van der Waals surface area contributed by atoms with E-state index in [0.717, 1.165) is 25.3 Å². The molecule has 1 aromatic rings. The molecule has 1 aliphatic heterocycles. The summed E-state index contributed by atoms with van der Waals surface area (Å²) < 4.78 is 2.20. The van der Waals surface area contributed by atoms with Crippen LogP contribution in [-0.2, 0) is 0 Å². The molecule has 1 amide bonds. The van der Waals surface area contributed by atoms with Gasteiger partial charge in [-0.05, 0) is 31.9 Å². The molecule has 22 heavy (non-hydrogen) atoms. The van der Waals surface area contributed by atoms with Gasteiger partial charge in [0.05, 0.1) is 6.61 Å². The largest absolute Gasteiger partial charge is 0.395 e. The number of rotatable bonds is 4. The second-order valence-corrected chi connectivity index (χ2v) is 6.61. The fourth-order valence-electron chi connectivity index (χ4n) is 3.90. The number of amides is 1. The standard InChI is InChI=1S/C17H27N3O2/c1-14-13-18(11-12-21)9-10-19(14)17(22)16-7-4-8-20(16)15-5-2-3-6-15/h4,7-8,14-15,21H,2-3,5-6,9-13H2,1H3. The average molecular weight is 305 g/mol. The van der Waals surface area contributed by atoms with E-state index in [4.69, 9.17) is 5.11 Å². The van der Waals surface area contributed by atoms with Crippen LogP contribution < -0.4 is 0 Å². The van der Waals surface area contributed by atoms with Crippen molar-refractivity contribution < 1.29 is 9.90 Å². The number of nitrogens with zero attached hydrogens (tertiary/aromatic N) is 3. The van der Waals surface area contributed by atoms with Gasteiger partial charge in [0, 0.05) is 44.5 Å². The lowest BCUT2D eigenvalue weighted by Gasteiger charge is -2.39. The molecule has 2 fully saturated rings. The molecule has 5 nitrogen and oxygen atoms in total. The van der Waals surface area contributed by atoms with E-state index in [1.165, 1.54) is 25.7 Å². The van der Waals surface area contributed by atoms with Crippen molar-refractivity contribution in [1.82, 2.24) is 14.4 Å². The van der Waals surface area contributed by atoms with Crippen molar-refractivity contribution in [2.45, 2.75) is 44.7 Å². The molecular weight excluding hydrogens is 278 g/mol. The molecule has 2 aliphatic rings. The van der Waals surface area contributed by atoms with E-state index in [-0.39, 0.29) is 18.6 Å². The number of aliphatic hydroxyl groups is 1. The summed E-state index contributed by atoms with van der Waals surface area (Å²) in [6, 6.07) is 4.66. The molecule has 0 bridgehead atoms. The zero-order chi connectivity index (χ0) is 15.5. The number of carbonyl (C=O) groups excluding carboxylic acids is 1. The average Bonchev–Trinajstić information content (AvgIpc) is 3.18. The predicted molar refractivity (Wildman–Crippen MR) is 86.0 cm³/mol. The van der Waals surface area contributed by atoms with Crippen LogP contribution in [0.5, 0.6) is 0 Å². The SMILES string of the molecule is CC1CN(CCO)CCN1C(=O)c1cccn1C1CCCC1. The summed E-state index contributed by atoms with van der Waals surface area (Å²) >= 11 is 0. The second-order valence-electron chi connectivity index (χ2n) is 6.61. The van der Waals surface area contributed by atoms with Gasteiger partial charge in [0.2, 0.25) is 0 Å². The molecule has 5 heteroatoms. The molecule has 1 unspecified atom stereocenters. The maximum atomic E-state index is 13.0. The topological polar surface area (TPSA) is 48.7 Å². The first kappa shape index (κ1) is 15.6. The van der Waals surface area contributed by atoms with Crippen molar-refractivity contribution in [2.24, 2.45) is 0 Å². The van der Waals surface area contributed by atoms with Gasteiger partial charge >= 0.3 is 0 Å². The quantitative estimate of drug-likeness (QED) is 0.922. The highest BCUT2D eigenvalue weighted by atomic mass is 16.3. The van der Waals surface area contributed by atoms with Crippen molar-refractivity contribution in [2.75, 3.05) is 32.8 Å². The van der Waals surface area contributed by atoms with Crippen LogP contribution >= 0.6 is 0 Å². The third-order valence-corrected chi connectivity index (χ3v) is 5.10. The Labute approximate surface area is 132 Å². The normalized spacial score (nSPS) is 24.1. The van der Waals surface area contributed by atoms with Gasteiger partial charge in [-0.15, -0.1) is 0 Å². The molecular formula is C17H27N3O2. The number of hydrogen-bond donors (Lipinski definition) is 1. The first-order valence-corrected chi connectivity index (χ1v) is 8.51. The van der Waals surface area contributed by atoms with Crippen molar-refractivity contribution >= 4 is 5.91 Å². The summed E-state index contributed by atoms with van der Waals surface area (Å²) in [6.45, 7) is 5.42. The first-order chi connectivity index (χ1) is 10.7. The maximum Gasteiger partial charge on any atom is 0.270 e. The van der Waals surface area contributed by atoms with Gasteiger partial charge in [0.25, 0.3) is 5.91 Å². The lowest BCUT2D eigenvalue weighted by atomic mass is 10.1. The van der Waals surface area contributed by atoms with Crippen LogP contribution in [0.15, 0.2) is 18.3 Å². The van der Waals surface area contributed by atoms with Gasteiger partial charge in [-0.1, -0.05) is 12.8 Å². The van der Waals surface area contributed by atoms with Crippen LogP contribution in [0, 0.1) is 0 Å². The number of carbonyl (C=O) groups is 1. The molecule has 0 aromatic carbocycles. The highest BCUT2D eigenvalue weighted by molar-refractivity contribution is 5.93. The lowest BCUT2D eigenvalue weighted by molar-refractivity contribution is 0.0446. The van der Waals surface area contributed by atoms with E-state index in [1.54, 1.807) is 0 Å².